The van der Waals surface area contributed by atoms with Gasteiger partial charge in [0.25, 0.3) is 5.91 Å². The predicted octanol–water partition coefficient (Wildman–Crippen LogP) is 3.20. The van der Waals surface area contributed by atoms with E-state index in [0.29, 0.717) is 16.1 Å². The highest BCUT2D eigenvalue weighted by molar-refractivity contribution is 7.91. The Morgan fingerprint density at radius 3 is 2.34 bits per heavy atom. The lowest BCUT2D eigenvalue weighted by Gasteiger charge is -2.25. The topological polar surface area (TPSA) is 110 Å². The van der Waals surface area contributed by atoms with Gasteiger partial charge in [-0.25, -0.2) is 17.2 Å². The Hall–Kier alpha value is -3.34. The Morgan fingerprint density at radius 1 is 1.06 bits per heavy atom. The van der Waals surface area contributed by atoms with E-state index in [9.17, 15) is 26.8 Å². The fourth-order valence-corrected chi connectivity index (χ4v) is 5.40. The van der Waals surface area contributed by atoms with Gasteiger partial charge in [-0.3, -0.25) is 9.59 Å². The maximum Gasteiger partial charge on any atom is 0.254 e. The summed E-state index contributed by atoms with van der Waals surface area (Å²) in [5.74, 6) is -3.74. The standard InChI is InChI=1S/C24H20ClF2N3O4S/c25-16-5-1-15(2-6-16)12-30-21-9-18(23(31)29-11-14-3-7-17(26)8-4-14)19(27)10-22(21)35(33,34)13-20(28)24(30)32/h1-10,20H,11-13,28H2,(H,29,31)/t20-/m0/s1. The number of nitrogens with one attached hydrogen (secondary N) is 1. The van der Waals surface area contributed by atoms with Gasteiger partial charge in [0.05, 0.1) is 34.5 Å². The van der Waals surface area contributed by atoms with E-state index in [2.05, 4.69) is 5.32 Å². The first-order chi connectivity index (χ1) is 16.5. The number of benzene rings is 3. The molecular formula is C24H20ClF2N3O4S. The molecule has 3 aromatic carbocycles. The number of halogens is 3. The molecule has 3 aromatic rings. The number of sulfone groups is 1. The predicted molar refractivity (Wildman–Crippen MR) is 127 cm³/mol. The van der Waals surface area contributed by atoms with Gasteiger partial charge >= 0.3 is 0 Å². The molecule has 0 unspecified atom stereocenters. The summed E-state index contributed by atoms with van der Waals surface area (Å²) < 4.78 is 53.8. The van der Waals surface area contributed by atoms with E-state index < -0.39 is 55.5 Å². The second-order valence-corrected chi connectivity index (χ2v) is 10.5. The first-order valence-corrected chi connectivity index (χ1v) is 12.5. The third-order valence-electron chi connectivity index (χ3n) is 5.52. The summed E-state index contributed by atoms with van der Waals surface area (Å²) in [4.78, 5) is 26.5. The smallest absolute Gasteiger partial charge is 0.254 e. The lowest BCUT2D eigenvalue weighted by molar-refractivity contribution is -0.119. The van der Waals surface area contributed by atoms with Crippen LogP contribution in [0.1, 0.15) is 21.5 Å². The molecule has 1 atom stereocenters. The van der Waals surface area contributed by atoms with Gasteiger partial charge < -0.3 is 16.0 Å². The van der Waals surface area contributed by atoms with Crippen LogP contribution in [0.4, 0.5) is 14.5 Å². The molecule has 0 saturated carbocycles. The number of nitrogens with zero attached hydrogens (tertiary/aromatic N) is 1. The summed E-state index contributed by atoms with van der Waals surface area (Å²) in [5.41, 5.74) is 6.46. The molecular weight excluding hydrogens is 500 g/mol. The molecule has 1 heterocycles. The third kappa shape index (κ3) is 5.34. The number of carbonyl (C=O) groups excluding carboxylic acids is 2. The number of rotatable bonds is 5. The number of fused-ring (bicyclic) bond motifs is 1. The Morgan fingerprint density at radius 2 is 1.69 bits per heavy atom. The maximum absolute atomic E-state index is 15.0. The highest BCUT2D eigenvalue weighted by Gasteiger charge is 2.37. The quantitative estimate of drug-likeness (QED) is 0.538. The molecule has 0 radical (unpaired) electrons. The average Bonchev–Trinajstić information content (AvgIpc) is 2.88. The van der Waals surface area contributed by atoms with Crippen LogP contribution in [-0.4, -0.2) is 32.0 Å². The molecule has 0 fully saturated rings. The summed E-state index contributed by atoms with van der Waals surface area (Å²) in [7, 11) is -4.13. The lowest BCUT2D eigenvalue weighted by atomic mass is 10.1. The molecule has 0 bridgehead atoms. The number of hydrogen-bond acceptors (Lipinski definition) is 5. The highest BCUT2D eigenvalue weighted by atomic mass is 35.5. The molecule has 1 aliphatic heterocycles. The molecule has 0 aliphatic carbocycles. The molecule has 0 spiro atoms. The van der Waals surface area contributed by atoms with Crippen molar-refractivity contribution in [1.82, 2.24) is 5.32 Å². The molecule has 3 N–H and O–H groups in total. The summed E-state index contributed by atoms with van der Waals surface area (Å²) in [5, 5.41) is 2.99. The van der Waals surface area contributed by atoms with E-state index in [0.717, 1.165) is 17.0 Å². The van der Waals surface area contributed by atoms with E-state index in [1.54, 1.807) is 24.3 Å². The van der Waals surface area contributed by atoms with Crippen molar-refractivity contribution in [2.75, 3.05) is 10.7 Å². The third-order valence-corrected chi connectivity index (χ3v) is 7.57. The van der Waals surface area contributed by atoms with Gasteiger partial charge in [-0.15, -0.1) is 0 Å². The van der Waals surface area contributed by atoms with Crippen molar-refractivity contribution in [1.29, 1.82) is 0 Å². The minimum absolute atomic E-state index is 0.0216. The lowest BCUT2D eigenvalue weighted by Crippen LogP contribution is -2.45. The Balaban J connectivity index is 1.73. The van der Waals surface area contributed by atoms with Crippen LogP contribution in [0.25, 0.3) is 0 Å². The maximum atomic E-state index is 15.0. The summed E-state index contributed by atoms with van der Waals surface area (Å²) in [6, 6.07) is 12.3. The van der Waals surface area contributed by atoms with Crippen molar-refractivity contribution in [2.24, 2.45) is 5.73 Å². The van der Waals surface area contributed by atoms with Gasteiger partial charge in [0.15, 0.2) is 9.84 Å². The van der Waals surface area contributed by atoms with Gasteiger partial charge in [0, 0.05) is 11.6 Å². The number of carbonyl (C=O) groups is 2. The zero-order valence-corrected chi connectivity index (χ0v) is 19.7. The number of anilines is 1. The van der Waals surface area contributed by atoms with Crippen molar-refractivity contribution in [2.45, 2.75) is 24.0 Å². The first kappa shape index (κ1) is 24.8. The first-order valence-electron chi connectivity index (χ1n) is 10.5. The molecule has 7 nitrogen and oxygen atoms in total. The summed E-state index contributed by atoms with van der Waals surface area (Å²) >= 11 is 5.92. The molecule has 0 saturated heterocycles. The summed E-state index contributed by atoms with van der Waals surface area (Å²) in [6.45, 7) is -0.0965. The number of amides is 2. The van der Waals surface area contributed by atoms with Crippen LogP contribution < -0.4 is 16.0 Å². The number of hydrogen-bond donors (Lipinski definition) is 2. The van der Waals surface area contributed by atoms with Crippen LogP contribution in [-0.2, 0) is 27.7 Å². The van der Waals surface area contributed by atoms with E-state index in [4.69, 9.17) is 17.3 Å². The van der Waals surface area contributed by atoms with Crippen LogP contribution in [0.2, 0.25) is 5.02 Å². The van der Waals surface area contributed by atoms with Crippen LogP contribution in [0.3, 0.4) is 0 Å². The van der Waals surface area contributed by atoms with Crippen molar-refractivity contribution in [3.8, 4) is 0 Å². The van der Waals surface area contributed by atoms with Gasteiger partial charge in [-0.05, 0) is 47.5 Å². The molecule has 2 amide bonds. The molecule has 1 aliphatic rings. The second kappa shape index (κ2) is 9.73. The summed E-state index contributed by atoms with van der Waals surface area (Å²) in [6.07, 6.45) is 0. The Kier molecular flexibility index (Phi) is 6.88. The zero-order chi connectivity index (χ0) is 25.3. The van der Waals surface area contributed by atoms with Gasteiger partial charge in [0.1, 0.15) is 11.6 Å². The molecule has 35 heavy (non-hydrogen) atoms. The largest absolute Gasteiger partial charge is 0.348 e. The zero-order valence-electron chi connectivity index (χ0n) is 18.2. The molecule has 182 valence electrons. The van der Waals surface area contributed by atoms with Crippen LogP contribution in [0.15, 0.2) is 65.6 Å². The SMILES string of the molecule is N[C@H]1CS(=O)(=O)c2cc(F)c(C(=O)NCc3ccc(F)cc3)cc2N(Cc2ccc(Cl)cc2)C1=O. The Bertz CT molecular complexity index is 1400. The molecule has 4 rings (SSSR count). The monoisotopic (exact) mass is 519 g/mol. The van der Waals surface area contributed by atoms with Gasteiger partial charge in [-0.2, -0.15) is 0 Å². The van der Waals surface area contributed by atoms with E-state index in [1.165, 1.54) is 24.3 Å². The van der Waals surface area contributed by atoms with Crippen LogP contribution in [0, 0.1) is 11.6 Å². The van der Waals surface area contributed by atoms with E-state index in [-0.39, 0.29) is 18.8 Å². The van der Waals surface area contributed by atoms with Crippen molar-refractivity contribution in [3.05, 3.63) is 94.0 Å². The Labute approximate surface area is 205 Å². The van der Waals surface area contributed by atoms with Crippen molar-refractivity contribution >= 4 is 38.9 Å². The van der Waals surface area contributed by atoms with Crippen molar-refractivity contribution < 1.29 is 26.8 Å². The minimum atomic E-state index is -4.13. The van der Waals surface area contributed by atoms with Crippen LogP contribution in [0.5, 0.6) is 0 Å². The van der Waals surface area contributed by atoms with E-state index in [1.807, 2.05) is 0 Å². The van der Waals surface area contributed by atoms with Crippen LogP contribution >= 0.6 is 11.6 Å². The highest BCUT2D eigenvalue weighted by Crippen LogP contribution is 2.34. The molecule has 0 aromatic heterocycles. The molecule has 11 heteroatoms. The fourth-order valence-electron chi connectivity index (χ4n) is 3.71. The van der Waals surface area contributed by atoms with Crippen molar-refractivity contribution in [3.63, 3.8) is 0 Å². The average molecular weight is 520 g/mol. The normalized spacial score (nSPS) is 17.0. The second-order valence-electron chi connectivity index (χ2n) is 8.05. The van der Waals surface area contributed by atoms with Gasteiger partial charge in [0.2, 0.25) is 5.91 Å². The van der Waals surface area contributed by atoms with E-state index >= 15 is 0 Å². The van der Waals surface area contributed by atoms with Gasteiger partial charge in [-0.1, -0.05) is 35.9 Å². The number of nitrogens with two attached hydrogens (primary N) is 1. The minimum Gasteiger partial charge on any atom is -0.348 e. The fraction of sp³-hybridized carbons (Fsp3) is 0.167.